The lowest BCUT2D eigenvalue weighted by Gasteiger charge is -2.09. The van der Waals surface area contributed by atoms with Crippen molar-refractivity contribution in [1.29, 1.82) is 0 Å². The van der Waals surface area contributed by atoms with Gasteiger partial charge in [-0.3, -0.25) is 0 Å². The molecule has 6 heteroatoms. The average molecular weight is 298 g/mol. The Morgan fingerprint density at radius 2 is 1.90 bits per heavy atom. The van der Waals surface area contributed by atoms with Crippen LogP contribution in [0.1, 0.15) is 37.0 Å². The van der Waals surface area contributed by atoms with Crippen molar-refractivity contribution in [2.24, 2.45) is 5.73 Å². The third-order valence-corrected chi connectivity index (χ3v) is 3.18. The van der Waals surface area contributed by atoms with Crippen LogP contribution in [0.2, 0.25) is 0 Å². The maximum absolute atomic E-state index is 5.82. The number of nitrogens with two attached hydrogens (primary N) is 1. The van der Waals surface area contributed by atoms with Gasteiger partial charge >= 0.3 is 0 Å². The highest BCUT2D eigenvalue weighted by Gasteiger charge is 2.17. The molecule has 0 aliphatic heterocycles. The Morgan fingerprint density at radius 3 is 2.45 bits per heavy atom. The Labute approximate surface area is 124 Å². The van der Waals surface area contributed by atoms with Crippen LogP contribution in [-0.4, -0.2) is 23.3 Å². The van der Waals surface area contributed by atoms with Crippen LogP contribution in [-0.2, 0) is 6.42 Å². The summed E-state index contributed by atoms with van der Waals surface area (Å²) in [5.74, 6) is 2.17. The smallest absolute Gasteiger partial charge is 0.231 e. The maximum Gasteiger partial charge on any atom is 0.231 e. The topological polar surface area (TPSA) is 74.2 Å². The van der Waals surface area contributed by atoms with E-state index in [1.165, 1.54) is 0 Å². The molecule has 0 amide bonds. The van der Waals surface area contributed by atoms with E-state index in [2.05, 4.69) is 10.1 Å². The summed E-state index contributed by atoms with van der Waals surface area (Å²) >= 11 is 0. The molecule has 0 bridgehead atoms. The Balaban J connectivity index is 0.00000200. The molecule has 0 saturated carbocycles. The summed E-state index contributed by atoms with van der Waals surface area (Å²) in [7, 11) is 1.65. The van der Waals surface area contributed by atoms with Gasteiger partial charge in [0.05, 0.1) is 13.0 Å². The van der Waals surface area contributed by atoms with Crippen LogP contribution in [0, 0.1) is 0 Å². The molecule has 0 fully saturated rings. The van der Waals surface area contributed by atoms with E-state index in [1.54, 1.807) is 7.11 Å². The first kappa shape index (κ1) is 16.5. The molecular weight excluding hydrogens is 278 g/mol. The normalized spacial score (nSPS) is 13.4. The molecule has 0 aliphatic rings. The van der Waals surface area contributed by atoms with Gasteiger partial charge in [0, 0.05) is 12.5 Å². The number of benzene rings is 1. The number of methoxy groups -OCH3 is 1. The van der Waals surface area contributed by atoms with Gasteiger partial charge in [0.2, 0.25) is 5.89 Å². The maximum atomic E-state index is 5.82. The third kappa shape index (κ3) is 3.95. The van der Waals surface area contributed by atoms with Gasteiger partial charge < -0.3 is 15.0 Å². The van der Waals surface area contributed by atoms with E-state index in [1.807, 2.05) is 38.1 Å². The zero-order valence-corrected chi connectivity index (χ0v) is 12.7. The van der Waals surface area contributed by atoms with Crippen LogP contribution in [0.5, 0.6) is 5.75 Å². The molecule has 2 unspecified atom stereocenters. The second kappa shape index (κ2) is 7.26. The molecule has 1 aromatic heterocycles. The summed E-state index contributed by atoms with van der Waals surface area (Å²) in [5.41, 5.74) is 6.93. The number of nitrogens with zero attached hydrogens (tertiary/aromatic N) is 2. The largest absolute Gasteiger partial charge is 0.497 e. The molecule has 110 valence electrons. The SMILES string of the molecule is COc1ccc(Cc2noc(C(C)C(C)N)n2)cc1.Cl. The summed E-state index contributed by atoms with van der Waals surface area (Å²) < 4.78 is 10.4. The van der Waals surface area contributed by atoms with Gasteiger partial charge in [-0.05, 0) is 24.6 Å². The number of hydrogen-bond donors (Lipinski definition) is 1. The summed E-state index contributed by atoms with van der Waals surface area (Å²) in [6, 6.07) is 7.81. The molecule has 2 aromatic rings. The summed E-state index contributed by atoms with van der Waals surface area (Å²) in [4.78, 5) is 4.38. The fourth-order valence-electron chi connectivity index (χ4n) is 1.68. The average Bonchev–Trinajstić information content (AvgIpc) is 2.87. The fourth-order valence-corrected chi connectivity index (χ4v) is 1.68. The predicted octanol–water partition coefficient (Wildman–Crippen LogP) is 2.54. The number of hydrogen-bond acceptors (Lipinski definition) is 5. The first-order chi connectivity index (χ1) is 9.10. The standard InChI is InChI=1S/C14H19N3O2.ClH/c1-9(10(2)15)14-16-13(17-19-14)8-11-4-6-12(18-3)7-5-11;/h4-7,9-10H,8,15H2,1-3H3;1H. The summed E-state index contributed by atoms with van der Waals surface area (Å²) in [6.07, 6.45) is 0.638. The van der Waals surface area contributed by atoms with Crippen LogP contribution in [0.15, 0.2) is 28.8 Å². The van der Waals surface area contributed by atoms with Crippen LogP contribution in [0.4, 0.5) is 0 Å². The molecule has 1 heterocycles. The Hall–Kier alpha value is -1.59. The minimum atomic E-state index is -0.00529. The van der Waals surface area contributed by atoms with Crippen molar-refractivity contribution in [2.75, 3.05) is 7.11 Å². The highest BCUT2D eigenvalue weighted by molar-refractivity contribution is 5.85. The summed E-state index contributed by atoms with van der Waals surface area (Å²) in [6.45, 7) is 3.91. The molecule has 5 nitrogen and oxygen atoms in total. The van der Waals surface area contributed by atoms with Crippen LogP contribution in [0.3, 0.4) is 0 Å². The van der Waals surface area contributed by atoms with E-state index >= 15 is 0 Å². The zero-order chi connectivity index (χ0) is 13.8. The fraction of sp³-hybridized carbons (Fsp3) is 0.429. The molecule has 0 saturated heterocycles. The van der Waals surface area contributed by atoms with Crippen LogP contribution in [0.25, 0.3) is 0 Å². The lowest BCUT2D eigenvalue weighted by molar-refractivity contribution is 0.343. The Kier molecular flexibility index (Phi) is 5.98. The lowest BCUT2D eigenvalue weighted by Crippen LogP contribution is -2.22. The van der Waals surface area contributed by atoms with Crippen molar-refractivity contribution in [3.05, 3.63) is 41.5 Å². The van der Waals surface area contributed by atoms with E-state index in [0.29, 0.717) is 18.1 Å². The number of rotatable bonds is 5. The first-order valence-corrected chi connectivity index (χ1v) is 6.31. The van der Waals surface area contributed by atoms with Gasteiger partial charge in [-0.2, -0.15) is 4.98 Å². The van der Waals surface area contributed by atoms with Gasteiger partial charge in [0.25, 0.3) is 0 Å². The molecule has 1 aromatic carbocycles. The first-order valence-electron chi connectivity index (χ1n) is 6.31. The highest BCUT2D eigenvalue weighted by Crippen LogP contribution is 2.18. The Morgan fingerprint density at radius 1 is 1.25 bits per heavy atom. The van der Waals surface area contributed by atoms with Gasteiger partial charge in [-0.25, -0.2) is 0 Å². The molecule has 20 heavy (non-hydrogen) atoms. The second-order valence-electron chi connectivity index (χ2n) is 4.72. The molecule has 2 atom stereocenters. The highest BCUT2D eigenvalue weighted by atomic mass is 35.5. The minimum Gasteiger partial charge on any atom is -0.497 e. The second-order valence-corrected chi connectivity index (χ2v) is 4.72. The van der Waals surface area contributed by atoms with Crippen molar-refractivity contribution in [2.45, 2.75) is 32.2 Å². The van der Waals surface area contributed by atoms with E-state index in [0.717, 1.165) is 11.3 Å². The van der Waals surface area contributed by atoms with E-state index in [4.69, 9.17) is 15.0 Å². The van der Waals surface area contributed by atoms with Crippen molar-refractivity contribution >= 4 is 12.4 Å². The van der Waals surface area contributed by atoms with Crippen molar-refractivity contribution < 1.29 is 9.26 Å². The Bertz CT molecular complexity index is 525. The van der Waals surface area contributed by atoms with Crippen LogP contribution >= 0.6 is 12.4 Å². The quantitative estimate of drug-likeness (QED) is 0.918. The van der Waals surface area contributed by atoms with Crippen molar-refractivity contribution in [3.8, 4) is 5.75 Å². The third-order valence-electron chi connectivity index (χ3n) is 3.18. The number of aromatic nitrogens is 2. The molecule has 0 aliphatic carbocycles. The predicted molar refractivity (Wildman–Crippen MR) is 79.4 cm³/mol. The van der Waals surface area contributed by atoms with Gasteiger partial charge in [-0.15, -0.1) is 12.4 Å². The molecule has 0 spiro atoms. The molecular formula is C14H20ClN3O2. The zero-order valence-electron chi connectivity index (χ0n) is 11.9. The van der Waals surface area contributed by atoms with Crippen LogP contribution < -0.4 is 10.5 Å². The van der Waals surface area contributed by atoms with Gasteiger partial charge in [0.15, 0.2) is 5.82 Å². The molecule has 2 rings (SSSR count). The van der Waals surface area contributed by atoms with E-state index < -0.39 is 0 Å². The van der Waals surface area contributed by atoms with Crippen molar-refractivity contribution in [1.82, 2.24) is 10.1 Å². The van der Waals surface area contributed by atoms with Gasteiger partial charge in [0.1, 0.15) is 5.75 Å². The minimum absolute atomic E-state index is 0. The van der Waals surface area contributed by atoms with E-state index in [9.17, 15) is 0 Å². The van der Waals surface area contributed by atoms with Crippen molar-refractivity contribution in [3.63, 3.8) is 0 Å². The number of ether oxygens (including phenoxy) is 1. The lowest BCUT2D eigenvalue weighted by atomic mass is 10.1. The summed E-state index contributed by atoms with van der Waals surface area (Å²) in [5, 5.41) is 3.98. The molecule has 2 N–H and O–H groups in total. The monoisotopic (exact) mass is 297 g/mol. The van der Waals surface area contributed by atoms with E-state index in [-0.39, 0.29) is 24.4 Å². The molecule has 0 radical (unpaired) electrons. The number of halogens is 1. The van der Waals surface area contributed by atoms with Gasteiger partial charge in [-0.1, -0.05) is 24.2 Å².